The third-order valence-corrected chi connectivity index (χ3v) is 4.07. The molecule has 20 heavy (non-hydrogen) atoms. The molecular weight excluding hydrogens is 301 g/mol. The summed E-state index contributed by atoms with van der Waals surface area (Å²) < 4.78 is 13.7. The van der Waals surface area contributed by atoms with Crippen molar-refractivity contribution in [1.82, 2.24) is 4.90 Å². The van der Waals surface area contributed by atoms with Crippen LogP contribution in [0.4, 0.5) is 4.39 Å². The van der Waals surface area contributed by atoms with Gasteiger partial charge in [-0.15, -0.1) is 0 Å². The number of amides is 1. The van der Waals surface area contributed by atoms with Crippen LogP contribution in [0.25, 0.3) is 6.08 Å². The lowest BCUT2D eigenvalue weighted by Crippen LogP contribution is -2.48. The van der Waals surface area contributed by atoms with Gasteiger partial charge in [0, 0.05) is 5.56 Å². The van der Waals surface area contributed by atoms with Crippen LogP contribution in [0.1, 0.15) is 12.5 Å². The molecule has 1 fully saturated rings. The minimum Gasteiger partial charge on any atom is -0.548 e. The van der Waals surface area contributed by atoms with Crippen molar-refractivity contribution in [1.29, 1.82) is 0 Å². The first-order chi connectivity index (χ1) is 9.41. The van der Waals surface area contributed by atoms with Gasteiger partial charge < -0.3 is 9.90 Å². The molecule has 1 saturated heterocycles. The van der Waals surface area contributed by atoms with Crippen molar-refractivity contribution in [2.45, 2.75) is 13.0 Å². The van der Waals surface area contributed by atoms with E-state index in [0.717, 1.165) is 16.7 Å². The largest absolute Gasteiger partial charge is 0.548 e. The van der Waals surface area contributed by atoms with Crippen LogP contribution in [0.3, 0.4) is 0 Å². The summed E-state index contributed by atoms with van der Waals surface area (Å²) in [4.78, 5) is 24.1. The Morgan fingerprint density at radius 1 is 1.50 bits per heavy atom. The van der Waals surface area contributed by atoms with Gasteiger partial charge in [-0.05, 0) is 19.1 Å². The van der Waals surface area contributed by atoms with Gasteiger partial charge in [-0.1, -0.05) is 42.2 Å². The van der Waals surface area contributed by atoms with E-state index >= 15 is 0 Å². The van der Waals surface area contributed by atoms with Crippen LogP contribution in [0, 0.1) is 5.82 Å². The highest BCUT2D eigenvalue weighted by molar-refractivity contribution is 8.26. The Balaban J connectivity index is 2.33. The van der Waals surface area contributed by atoms with Gasteiger partial charge in [-0.3, -0.25) is 9.69 Å². The number of halogens is 1. The third kappa shape index (κ3) is 2.73. The summed E-state index contributed by atoms with van der Waals surface area (Å²) in [5, 5.41) is 10.8. The number of rotatable bonds is 3. The first kappa shape index (κ1) is 14.7. The lowest BCUT2D eigenvalue weighted by atomic mass is 10.2. The Kier molecular flexibility index (Phi) is 4.20. The zero-order valence-electron chi connectivity index (χ0n) is 10.3. The maximum Gasteiger partial charge on any atom is 0.266 e. The summed E-state index contributed by atoms with van der Waals surface area (Å²) in [5.41, 5.74) is 0.245. The second kappa shape index (κ2) is 5.72. The minimum absolute atomic E-state index is 0.120. The van der Waals surface area contributed by atoms with Gasteiger partial charge in [0.25, 0.3) is 5.91 Å². The van der Waals surface area contributed by atoms with Crippen molar-refractivity contribution in [3.05, 3.63) is 40.6 Å². The topological polar surface area (TPSA) is 60.4 Å². The van der Waals surface area contributed by atoms with Crippen molar-refractivity contribution < 1.29 is 19.1 Å². The normalized spacial score (nSPS) is 18.7. The number of hydrogen-bond acceptors (Lipinski definition) is 5. The van der Waals surface area contributed by atoms with Gasteiger partial charge in [0.05, 0.1) is 16.9 Å². The zero-order valence-corrected chi connectivity index (χ0v) is 12.0. The molecule has 1 aliphatic heterocycles. The van der Waals surface area contributed by atoms with Crippen molar-refractivity contribution >= 4 is 46.3 Å². The molecule has 1 atom stereocenters. The molecular formula is C13H9FNO3S2-. The number of thioether (sulfide) groups is 1. The van der Waals surface area contributed by atoms with E-state index in [4.69, 9.17) is 12.2 Å². The fourth-order valence-corrected chi connectivity index (χ4v) is 3.06. The third-order valence-electron chi connectivity index (χ3n) is 2.74. The molecule has 1 aromatic rings. The molecule has 0 aromatic heterocycles. The average Bonchev–Trinajstić information content (AvgIpc) is 2.66. The van der Waals surface area contributed by atoms with Gasteiger partial charge >= 0.3 is 0 Å². The summed E-state index contributed by atoms with van der Waals surface area (Å²) in [7, 11) is 0. The molecule has 0 radical (unpaired) electrons. The molecule has 1 aromatic carbocycles. The van der Waals surface area contributed by atoms with Crippen molar-refractivity contribution in [2.24, 2.45) is 0 Å². The molecule has 0 bridgehead atoms. The Labute approximate surface area is 124 Å². The quantitative estimate of drug-likeness (QED) is 0.619. The molecule has 1 aliphatic rings. The van der Waals surface area contributed by atoms with Crippen molar-refractivity contribution in [3.8, 4) is 0 Å². The van der Waals surface area contributed by atoms with E-state index in [1.165, 1.54) is 31.2 Å². The number of thiocarbonyl (C=S) groups is 1. The van der Waals surface area contributed by atoms with E-state index in [2.05, 4.69) is 0 Å². The lowest BCUT2D eigenvalue weighted by molar-refractivity contribution is -0.309. The Morgan fingerprint density at radius 3 is 2.75 bits per heavy atom. The van der Waals surface area contributed by atoms with Crippen molar-refractivity contribution in [3.63, 3.8) is 0 Å². The molecule has 0 unspecified atom stereocenters. The number of carbonyl (C=O) groups excluding carboxylic acids is 2. The lowest BCUT2D eigenvalue weighted by Gasteiger charge is -2.23. The molecule has 0 N–H and O–H groups in total. The standard InChI is InChI=1S/C13H10FNO3S2/c1-7(12(17)18)15-11(16)10(20-13(15)19)6-8-4-2-3-5-9(8)14/h2-7H,1H3,(H,17,18)/p-1/b10-6-/t7-/m0/s1. The molecule has 4 nitrogen and oxygen atoms in total. The molecule has 0 spiro atoms. The summed E-state index contributed by atoms with van der Waals surface area (Å²) in [6.45, 7) is 1.31. The van der Waals surface area contributed by atoms with Gasteiger partial charge in [-0.25, -0.2) is 4.39 Å². The maximum atomic E-state index is 13.5. The highest BCUT2D eigenvalue weighted by Gasteiger charge is 2.35. The summed E-state index contributed by atoms with van der Waals surface area (Å²) >= 11 is 5.92. The number of carbonyl (C=O) groups is 2. The van der Waals surface area contributed by atoms with Crippen molar-refractivity contribution in [2.75, 3.05) is 0 Å². The zero-order chi connectivity index (χ0) is 14.9. The minimum atomic E-state index is -1.39. The first-order valence-corrected chi connectivity index (χ1v) is 6.86. The number of carboxylic acid groups (broad SMARTS) is 1. The number of benzene rings is 1. The summed E-state index contributed by atoms with van der Waals surface area (Å²) in [5.74, 6) is -2.42. The van der Waals surface area contributed by atoms with Crippen LogP contribution in [0.15, 0.2) is 29.2 Å². The van der Waals surface area contributed by atoms with E-state index < -0.39 is 23.7 Å². The number of hydrogen-bond donors (Lipinski definition) is 0. The van der Waals surface area contributed by atoms with Crippen LogP contribution >= 0.6 is 24.0 Å². The Morgan fingerprint density at radius 2 is 2.15 bits per heavy atom. The number of nitrogens with zero attached hydrogens (tertiary/aromatic N) is 1. The first-order valence-electron chi connectivity index (χ1n) is 5.64. The van der Waals surface area contributed by atoms with E-state index in [0.29, 0.717) is 0 Å². The monoisotopic (exact) mass is 310 g/mol. The van der Waals surface area contributed by atoms with E-state index in [9.17, 15) is 19.1 Å². The van der Waals surface area contributed by atoms with E-state index in [1.807, 2.05) is 0 Å². The van der Waals surface area contributed by atoms with Gasteiger partial charge in [0.2, 0.25) is 0 Å². The second-order valence-corrected chi connectivity index (χ2v) is 5.74. The molecule has 1 heterocycles. The molecule has 0 saturated carbocycles. The maximum absolute atomic E-state index is 13.5. The highest BCUT2D eigenvalue weighted by atomic mass is 32.2. The molecule has 104 valence electrons. The molecule has 2 rings (SSSR count). The van der Waals surface area contributed by atoms with Gasteiger partial charge in [0.1, 0.15) is 10.1 Å². The van der Waals surface area contributed by atoms with Gasteiger partial charge in [-0.2, -0.15) is 0 Å². The summed E-state index contributed by atoms with van der Waals surface area (Å²) in [6, 6.07) is 4.81. The molecule has 7 heteroatoms. The van der Waals surface area contributed by atoms with E-state index in [1.54, 1.807) is 6.07 Å². The van der Waals surface area contributed by atoms with Crippen LogP contribution < -0.4 is 5.11 Å². The number of carboxylic acids is 1. The molecule has 1 amide bonds. The fourth-order valence-electron chi connectivity index (χ4n) is 1.65. The predicted molar refractivity (Wildman–Crippen MR) is 75.9 cm³/mol. The molecule has 0 aliphatic carbocycles. The predicted octanol–water partition coefficient (Wildman–Crippen LogP) is 1.17. The Hall–Kier alpha value is -1.73. The van der Waals surface area contributed by atoms with Gasteiger partial charge in [0.15, 0.2) is 0 Å². The average molecular weight is 310 g/mol. The van der Waals surface area contributed by atoms with Crippen LogP contribution in [0.5, 0.6) is 0 Å². The van der Waals surface area contributed by atoms with Crippen LogP contribution in [0.2, 0.25) is 0 Å². The summed E-state index contributed by atoms with van der Waals surface area (Å²) in [6.07, 6.45) is 1.36. The van der Waals surface area contributed by atoms with E-state index in [-0.39, 0.29) is 14.8 Å². The Bertz CT molecular complexity index is 630. The second-order valence-electron chi connectivity index (χ2n) is 4.07. The fraction of sp³-hybridized carbons (Fsp3) is 0.154. The number of aliphatic carboxylic acids is 1. The van der Waals surface area contributed by atoms with Crippen LogP contribution in [-0.4, -0.2) is 27.1 Å². The highest BCUT2D eigenvalue weighted by Crippen LogP contribution is 2.34. The van der Waals surface area contributed by atoms with Crippen LogP contribution in [-0.2, 0) is 9.59 Å². The SMILES string of the molecule is C[C@@H](C(=O)[O-])N1C(=O)/C(=C/c2ccccc2F)SC1=S. The smallest absolute Gasteiger partial charge is 0.266 e.